The molecular weight excluding hydrogens is 332 g/mol. The molecule has 0 bridgehead atoms. The van der Waals surface area contributed by atoms with Crippen LogP contribution in [0, 0.1) is 0 Å². The maximum Gasteiger partial charge on any atom is 0.331 e. The van der Waals surface area contributed by atoms with Crippen molar-refractivity contribution in [2.24, 2.45) is 5.73 Å². The molecule has 2 aromatic rings. The van der Waals surface area contributed by atoms with E-state index in [9.17, 15) is 14.4 Å². The van der Waals surface area contributed by atoms with Crippen molar-refractivity contribution < 1.29 is 4.79 Å². The van der Waals surface area contributed by atoms with Crippen LogP contribution < -0.4 is 22.3 Å². The summed E-state index contributed by atoms with van der Waals surface area (Å²) in [7, 11) is 0. The Balaban J connectivity index is 2.24. The Morgan fingerprint density at radius 1 is 1.12 bits per heavy atom. The van der Waals surface area contributed by atoms with E-state index in [1.165, 1.54) is 16.8 Å². The largest absolute Gasteiger partial charge is 0.348 e. The number of carbonyl (C=O) groups is 1. The van der Waals surface area contributed by atoms with Crippen LogP contribution in [0.3, 0.4) is 0 Å². The third-order valence-electron chi connectivity index (χ3n) is 4.79. The number of nitrogens with one attached hydrogen (secondary N) is 1. The highest BCUT2D eigenvalue weighted by Gasteiger charge is 2.26. The zero-order chi connectivity index (χ0) is 19.2. The van der Waals surface area contributed by atoms with E-state index in [2.05, 4.69) is 5.32 Å². The molecule has 1 aromatic carbocycles. The molecule has 1 aromatic heterocycles. The number of nitrogens with two attached hydrogens (primary N) is 1. The van der Waals surface area contributed by atoms with E-state index < -0.39 is 22.7 Å². The van der Waals surface area contributed by atoms with Gasteiger partial charge in [0.2, 0.25) is 5.91 Å². The first-order chi connectivity index (χ1) is 12.4. The van der Waals surface area contributed by atoms with E-state index in [-0.39, 0.29) is 6.54 Å². The molecule has 0 saturated heterocycles. The first-order valence-corrected chi connectivity index (χ1v) is 8.80. The standard InChI is InChI=1S/C19H26N4O3/c1-3-19(4-2,14-20)21-16(24)13-23-17(25)10-11-22(18(23)26)12-15-8-6-5-7-9-15/h5-11H,3-4,12-14,20H2,1-2H3,(H,21,24). The van der Waals surface area contributed by atoms with Crippen LogP contribution in [0.25, 0.3) is 0 Å². The monoisotopic (exact) mass is 358 g/mol. The van der Waals surface area contributed by atoms with Crippen LogP contribution in [0.2, 0.25) is 0 Å². The van der Waals surface area contributed by atoms with E-state index in [0.717, 1.165) is 10.1 Å². The van der Waals surface area contributed by atoms with Gasteiger partial charge in [0.25, 0.3) is 5.56 Å². The fraction of sp³-hybridized carbons (Fsp3) is 0.421. The van der Waals surface area contributed by atoms with Gasteiger partial charge in [0.15, 0.2) is 0 Å². The van der Waals surface area contributed by atoms with Gasteiger partial charge in [0.1, 0.15) is 6.54 Å². The Morgan fingerprint density at radius 3 is 2.35 bits per heavy atom. The Labute approximate surface area is 152 Å². The molecule has 0 aliphatic carbocycles. The summed E-state index contributed by atoms with van der Waals surface area (Å²) >= 11 is 0. The van der Waals surface area contributed by atoms with Gasteiger partial charge in [-0.05, 0) is 18.4 Å². The van der Waals surface area contributed by atoms with Crippen LogP contribution in [-0.4, -0.2) is 27.1 Å². The van der Waals surface area contributed by atoms with Gasteiger partial charge in [-0.2, -0.15) is 0 Å². The van der Waals surface area contributed by atoms with Gasteiger partial charge in [0.05, 0.1) is 12.1 Å². The Morgan fingerprint density at radius 2 is 1.77 bits per heavy atom. The summed E-state index contributed by atoms with van der Waals surface area (Å²) in [6, 6.07) is 10.7. The van der Waals surface area contributed by atoms with Crippen molar-refractivity contribution in [2.45, 2.75) is 45.3 Å². The van der Waals surface area contributed by atoms with Crippen molar-refractivity contribution in [1.29, 1.82) is 0 Å². The van der Waals surface area contributed by atoms with E-state index in [1.807, 2.05) is 44.2 Å². The average Bonchev–Trinajstić information content (AvgIpc) is 2.66. The van der Waals surface area contributed by atoms with Gasteiger partial charge in [-0.1, -0.05) is 44.2 Å². The van der Waals surface area contributed by atoms with Crippen LogP contribution in [-0.2, 0) is 17.9 Å². The molecule has 0 saturated carbocycles. The van der Waals surface area contributed by atoms with Crippen molar-refractivity contribution in [3.05, 3.63) is 69.0 Å². The van der Waals surface area contributed by atoms with Crippen LogP contribution in [0.15, 0.2) is 52.2 Å². The van der Waals surface area contributed by atoms with Crippen LogP contribution >= 0.6 is 0 Å². The first kappa shape index (κ1) is 19.7. The normalized spacial score (nSPS) is 11.3. The molecule has 0 atom stereocenters. The minimum absolute atomic E-state index is 0.299. The molecule has 1 amide bonds. The molecule has 3 N–H and O–H groups in total. The summed E-state index contributed by atoms with van der Waals surface area (Å²) in [6.45, 7) is 4.19. The van der Waals surface area contributed by atoms with Crippen molar-refractivity contribution >= 4 is 5.91 Å². The lowest BCUT2D eigenvalue weighted by Crippen LogP contribution is -2.55. The second-order valence-corrected chi connectivity index (χ2v) is 6.38. The lowest BCUT2D eigenvalue weighted by Gasteiger charge is -2.31. The van der Waals surface area contributed by atoms with Gasteiger partial charge < -0.3 is 11.1 Å². The summed E-state index contributed by atoms with van der Waals surface area (Å²) < 4.78 is 2.37. The molecular formula is C19H26N4O3. The molecule has 0 aliphatic rings. The molecule has 0 fully saturated rings. The van der Waals surface area contributed by atoms with Crippen molar-refractivity contribution in [3.8, 4) is 0 Å². The molecule has 0 radical (unpaired) electrons. The van der Waals surface area contributed by atoms with Crippen molar-refractivity contribution in [2.75, 3.05) is 6.54 Å². The fourth-order valence-corrected chi connectivity index (χ4v) is 2.85. The third kappa shape index (κ3) is 4.49. The molecule has 0 unspecified atom stereocenters. The Hall–Kier alpha value is -2.67. The zero-order valence-electron chi connectivity index (χ0n) is 15.3. The SMILES string of the molecule is CCC(CC)(CN)NC(=O)Cn1c(=O)ccn(Cc2ccccc2)c1=O. The topological polar surface area (TPSA) is 99.1 Å². The highest BCUT2D eigenvalue weighted by Crippen LogP contribution is 2.12. The number of hydrogen-bond donors (Lipinski definition) is 2. The quantitative estimate of drug-likeness (QED) is 0.725. The molecule has 140 valence electrons. The molecule has 26 heavy (non-hydrogen) atoms. The minimum atomic E-state index is -0.515. The second kappa shape index (κ2) is 8.62. The summed E-state index contributed by atoms with van der Waals surface area (Å²) in [6.07, 6.45) is 2.80. The van der Waals surface area contributed by atoms with Gasteiger partial charge in [-0.25, -0.2) is 4.79 Å². The van der Waals surface area contributed by atoms with Crippen molar-refractivity contribution in [3.63, 3.8) is 0 Å². The zero-order valence-corrected chi connectivity index (χ0v) is 15.3. The smallest absolute Gasteiger partial charge is 0.331 e. The number of amides is 1. The lowest BCUT2D eigenvalue weighted by molar-refractivity contribution is -0.123. The Kier molecular flexibility index (Phi) is 6.52. The van der Waals surface area contributed by atoms with Gasteiger partial charge in [-0.3, -0.25) is 18.7 Å². The van der Waals surface area contributed by atoms with E-state index in [0.29, 0.717) is 25.9 Å². The molecule has 2 rings (SSSR count). The third-order valence-corrected chi connectivity index (χ3v) is 4.79. The summed E-state index contributed by atoms with van der Waals surface area (Å²) in [5.41, 5.74) is 5.20. The molecule has 7 heteroatoms. The molecule has 1 heterocycles. The maximum absolute atomic E-state index is 12.6. The maximum atomic E-state index is 12.6. The van der Waals surface area contributed by atoms with Gasteiger partial charge >= 0.3 is 5.69 Å². The summed E-state index contributed by atoms with van der Waals surface area (Å²) in [5, 5.41) is 2.88. The number of hydrogen-bond acceptors (Lipinski definition) is 4. The summed E-state index contributed by atoms with van der Waals surface area (Å²) in [4.78, 5) is 37.1. The van der Waals surface area contributed by atoms with E-state index in [1.54, 1.807) is 0 Å². The highest BCUT2D eigenvalue weighted by molar-refractivity contribution is 5.76. The predicted octanol–water partition coefficient (Wildman–Crippen LogP) is 0.692. The van der Waals surface area contributed by atoms with E-state index >= 15 is 0 Å². The minimum Gasteiger partial charge on any atom is -0.348 e. The number of nitrogens with zero attached hydrogens (tertiary/aromatic N) is 2. The highest BCUT2D eigenvalue weighted by atomic mass is 16.2. The molecule has 0 spiro atoms. The number of rotatable bonds is 8. The molecule has 0 aliphatic heterocycles. The van der Waals surface area contributed by atoms with Crippen LogP contribution in [0.4, 0.5) is 0 Å². The average molecular weight is 358 g/mol. The van der Waals surface area contributed by atoms with Gasteiger partial charge in [-0.15, -0.1) is 0 Å². The van der Waals surface area contributed by atoms with Crippen LogP contribution in [0.1, 0.15) is 32.3 Å². The van der Waals surface area contributed by atoms with Gasteiger partial charge in [0, 0.05) is 18.8 Å². The lowest BCUT2D eigenvalue weighted by atomic mass is 9.93. The number of benzene rings is 1. The number of aromatic nitrogens is 2. The predicted molar refractivity (Wildman–Crippen MR) is 101 cm³/mol. The second-order valence-electron chi connectivity index (χ2n) is 6.38. The number of carbonyl (C=O) groups excluding carboxylic acids is 1. The van der Waals surface area contributed by atoms with Crippen molar-refractivity contribution in [1.82, 2.24) is 14.5 Å². The van der Waals surface area contributed by atoms with E-state index in [4.69, 9.17) is 5.73 Å². The van der Waals surface area contributed by atoms with Crippen LogP contribution in [0.5, 0.6) is 0 Å². The Bertz CT molecular complexity index is 843. The molecule has 7 nitrogen and oxygen atoms in total. The first-order valence-electron chi connectivity index (χ1n) is 8.80. The fourth-order valence-electron chi connectivity index (χ4n) is 2.85. The summed E-state index contributed by atoms with van der Waals surface area (Å²) in [5.74, 6) is -0.393.